The smallest absolute Gasteiger partial charge is 0.344 e. The zero-order valence-electron chi connectivity index (χ0n) is 9.95. The van der Waals surface area contributed by atoms with E-state index in [4.69, 9.17) is 8.85 Å². The van der Waals surface area contributed by atoms with Crippen molar-refractivity contribution >= 4 is 8.56 Å². The summed E-state index contributed by atoms with van der Waals surface area (Å²) in [5.41, 5.74) is 1.61. The van der Waals surface area contributed by atoms with E-state index in [2.05, 4.69) is 19.0 Å². The molecule has 1 saturated carbocycles. The average molecular weight is 225 g/mol. The fourth-order valence-corrected chi connectivity index (χ4v) is 5.10. The summed E-state index contributed by atoms with van der Waals surface area (Å²) in [5, 5.41) is 0. The molecule has 2 nitrogen and oxygen atoms in total. The highest BCUT2D eigenvalue weighted by Gasteiger charge is 2.40. The van der Waals surface area contributed by atoms with Crippen LogP contribution in [0.15, 0.2) is 11.6 Å². The maximum atomic E-state index is 5.63. The maximum absolute atomic E-state index is 5.63. The molecule has 15 heavy (non-hydrogen) atoms. The number of rotatable bonds is 5. The van der Waals surface area contributed by atoms with Gasteiger partial charge in [0, 0.05) is 26.3 Å². The number of hydrogen-bond acceptors (Lipinski definition) is 2. The summed E-state index contributed by atoms with van der Waals surface area (Å²) in [5.74, 6) is 1.70. The third-order valence-corrected chi connectivity index (χ3v) is 7.19. The Kier molecular flexibility index (Phi) is 3.33. The summed E-state index contributed by atoms with van der Waals surface area (Å²) in [6.45, 7) is 2.06. The summed E-state index contributed by atoms with van der Waals surface area (Å²) in [6.07, 6.45) is 6.66. The molecule has 0 aliphatic heterocycles. The second kappa shape index (κ2) is 4.40. The summed E-state index contributed by atoms with van der Waals surface area (Å²) < 4.78 is 11.3. The van der Waals surface area contributed by atoms with Crippen LogP contribution in [0.3, 0.4) is 0 Å². The number of hydrogen-bond donors (Lipinski definition) is 0. The fraction of sp³-hybridized carbons (Fsp3) is 0.750. The molecular weight excluding hydrogens is 204 g/mol. The average Bonchev–Trinajstić information content (AvgIpc) is 2.88. The lowest BCUT2D eigenvalue weighted by molar-refractivity contribution is 0.252. The lowest BCUT2D eigenvalue weighted by atomic mass is 10.0. The monoisotopic (exact) mass is 225 g/mol. The van der Waals surface area contributed by atoms with Crippen LogP contribution in [0, 0.1) is 17.9 Å². The first kappa shape index (κ1) is 11.4. The number of fused-ring (bicyclic) bond motifs is 2. The highest BCUT2D eigenvalue weighted by Crippen LogP contribution is 2.46. The molecule has 0 aromatic carbocycles. The van der Waals surface area contributed by atoms with E-state index in [0.717, 1.165) is 17.9 Å². The molecule has 2 aliphatic rings. The second-order valence-electron chi connectivity index (χ2n) is 4.70. The van der Waals surface area contributed by atoms with Gasteiger partial charge in [-0.2, -0.15) is 0 Å². The molecule has 2 bridgehead atoms. The predicted octanol–water partition coefficient (Wildman–Crippen LogP) is 2.84. The molecule has 1 fully saturated rings. The minimum absolute atomic E-state index is 0.840. The molecule has 0 aromatic heterocycles. The van der Waals surface area contributed by atoms with Crippen molar-refractivity contribution in [3.05, 3.63) is 17.7 Å². The van der Waals surface area contributed by atoms with E-state index in [1.165, 1.54) is 19.3 Å². The molecule has 2 atom stereocenters. The van der Waals surface area contributed by atoms with Gasteiger partial charge in [0.2, 0.25) is 0 Å². The molecule has 2 aliphatic carbocycles. The van der Waals surface area contributed by atoms with Crippen LogP contribution in [0.5, 0.6) is 0 Å². The highest BCUT2D eigenvalue weighted by atomic mass is 28.4. The van der Waals surface area contributed by atoms with Gasteiger partial charge in [-0.3, -0.25) is 0 Å². The van der Waals surface area contributed by atoms with Crippen molar-refractivity contribution in [3.63, 3.8) is 0 Å². The van der Waals surface area contributed by atoms with E-state index < -0.39 is 8.56 Å². The van der Waals surface area contributed by atoms with Crippen LogP contribution < -0.4 is 0 Å². The standard InChI is InChI=1S/C12H21O2Si/c1-4-15(13-2,14-3)9-12-8-10-5-6-11(12)7-10/h4,8,10-11H,5-7,9H2,1-3H3. The summed E-state index contributed by atoms with van der Waals surface area (Å²) >= 11 is 0. The van der Waals surface area contributed by atoms with Gasteiger partial charge in [0.25, 0.3) is 0 Å². The van der Waals surface area contributed by atoms with E-state index in [0.29, 0.717) is 0 Å². The molecule has 2 rings (SSSR count). The molecule has 0 aromatic rings. The second-order valence-corrected chi connectivity index (χ2v) is 8.07. The summed E-state index contributed by atoms with van der Waals surface area (Å²) in [6, 6.07) is 3.19. The molecule has 0 spiro atoms. The first-order valence-corrected chi connectivity index (χ1v) is 7.94. The van der Waals surface area contributed by atoms with Crippen LogP contribution in [0.4, 0.5) is 0 Å². The quantitative estimate of drug-likeness (QED) is 0.529. The van der Waals surface area contributed by atoms with Crippen LogP contribution in [0.25, 0.3) is 0 Å². The third kappa shape index (κ3) is 2.05. The van der Waals surface area contributed by atoms with Crippen LogP contribution in [-0.2, 0) is 8.85 Å². The largest absolute Gasteiger partial charge is 0.397 e. The maximum Gasteiger partial charge on any atom is 0.344 e. The van der Waals surface area contributed by atoms with Gasteiger partial charge < -0.3 is 8.85 Å². The SMILES string of the molecule is C[CH][Si](CC1=CC2CCC1C2)(OC)OC. The molecule has 0 N–H and O–H groups in total. The molecule has 0 heterocycles. The van der Waals surface area contributed by atoms with Gasteiger partial charge in [-0.05, 0) is 31.1 Å². The van der Waals surface area contributed by atoms with Crippen molar-refractivity contribution in [3.8, 4) is 0 Å². The van der Waals surface area contributed by atoms with Crippen LogP contribution in [0.1, 0.15) is 26.2 Å². The van der Waals surface area contributed by atoms with Crippen LogP contribution in [-0.4, -0.2) is 22.8 Å². The van der Waals surface area contributed by atoms with Gasteiger partial charge in [-0.15, -0.1) is 0 Å². The van der Waals surface area contributed by atoms with E-state index in [1.54, 1.807) is 19.8 Å². The van der Waals surface area contributed by atoms with Gasteiger partial charge in [-0.1, -0.05) is 18.6 Å². The van der Waals surface area contributed by atoms with Gasteiger partial charge in [-0.25, -0.2) is 0 Å². The Balaban J connectivity index is 2.04. The van der Waals surface area contributed by atoms with E-state index in [-0.39, 0.29) is 0 Å². The van der Waals surface area contributed by atoms with Crippen molar-refractivity contribution < 1.29 is 8.85 Å². The van der Waals surface area contributed by atoms with Gasteiger partial charge in [0.1, 0.15) is 0 Å². The lowest BCUT2D eigenvalue weighted by Gasteiger charge is -2.28. The number of allylic oxidation sites excluding steroid dienone is 2. The van der Waals surface area contributed by atoms with Crippen molar-refractivity contribution in [2.75, 3.05) is 14.2 Å². The van der Waals surface area contributed by atoms with Crippen LogP contribution in [0.2, 0.25) is 6.04 Å². The molecule has 2 unspecified atom stereocenters. The van der Waals surface area contributed by atoms with Crippen molar-refractivity contribution in [1.82, 2.24) is 0 Å². The Hall–Kier alpha value is -0.123. The minimum Gasteiger partial charge on any atom is -0.397 e. The van der Waals surface area contributed by atoms with E-state index in [9.17, 15) is 0 Å². The Bertz CT molecular complexity index is 250. The lowest BCUT2D eigenvalue weighted by Crippen LogP contribution is -2.41. The molecule has 85 valence electrons. The van der Waals surface area contributed by atoms with Crippen molar-refractivity contribution in [2.24, 2.45) is 11.8 Å². The Morgan fingerprint density at radius 2 is 2.13 bits per heavy atom. The Morgan fingerprint density at radius 1 is 1.40 bits per heavy atom. The normalized spacial score (nSPS) is 29.7. The van der Waals surface area contributed by atoms with Gasteiger partial charge in [0.15, 0.2) is 0 Å². The topological polar surface area (TPSA) is 18.5 Å². The predicted molar refractivity (Wildman–Crippen MR) is 63.5 cm³/mol. The highest BCUT2D eigenvalue weighted by molar-refractivity contribution is 6.71. The van der Waals surface area contributed by atoms with E-state index in [1.807, 2.05) is 0 Å². The molecule has 0 amide bonds. The Labute approximate surface area is 93.9 Å². The van der Waals surface area contributed by atoms with Crippen molar-refractivity contribution in [1.29, 1.82) is 0 Å². The molecular formula is C12H21O2Si. The molecule has 1 radical (unpaired) electrons. The van der Waals surface area contributed by atoms with E-state index >= 15 is 0 Å². The minimum atomic E-state index is -2.01. The third-order valence-electron chi connectivity index (χ3n) is 4.03. The zero-order chi connectivity index (χ0) is 10.9. The Morgan fingerprint density at radius 3 is 2.53 bits per heavy atom. The zero-order valence-corrected chi connectivity index (χ0v) is 11.0. The van der Waals surface area contributed by atoms with Crippen LogP contribution >= 0.6 is 0 Å². The summed E-state index contributed by atoms with van der Waals surface area (Å²) in [4.78, 5) is 0. The van der Waals surface area contributed by atoms with Gasteiger partial charge >= 0.3 is 8.56 Å². The fourth-order valence-electron chi connectivity index (χ4n) is 3.00. The summed E-state index contributed by atoms with van der Waals surface area (Å²) in [7, 11) is 1.55. The first-order valence-electron chi connectivity index (χ1n) is 5.84. The molecule has 0 saturated heterocycles. The molecule has 3 heteroatoms. The van der Waals surface area contributed by atoms with Gasteiger partial charge in [0.05, 0.1) is 0 Å². The van der Waals surface area contributed by atoms with Crippen molar-refractivity contribution in [2.45, 2.75) is 32.2 Å². The first-order chi connectivity index (χ1) is 7.23.